The van der Waals surface area contributed by atoms with Gasteiger partial charge in [0.1, 0.15) is 5.75 Å². The number of amides is 1. The number of carbonyl (C=O) groups is 2. The number of ether oxygens (including phenoxy) is 2. The van der Waals surface area contributed by atoms with Crippen LogP contribution in [0.25, 0.3) is 5.69 Å². The molecule has 9 heteroatoms. The van der Waals surface area contributed by atoms with Gasteiger partial charge in [-0.25, -0.2) is 4.79 Å². The molecule has 3 aromatic rings. The van der Waals surface area contributed by atoms with E-state index in [2.05, 4.69) is 5.32 Å². The molecule has 0 fully saturated rings. The van der Waals surface area contributed by atoms with Gasteiger partial charge in [-0.3, -0.25) is 4.79 Å². The number of nitrogens with zero attached hydrogens (tertiary/aromatic N) is 1. The lowest BCUT2D eigenvalue weighted by Crippen LogP contribution is -2.30. The van der Waals surface area contributed by atoms with E-state index in [1.165, 1.54) is 6.92 Å². The van der Waals surface area contributed by atoms with Crippen molar-refractivity contribution >= 4 is 52.4 Å². The molecular weight excluding hydrogens is 475 g/mol. The van der Waals surface area contributed by atoms with Crippen LogP contribution in [0.5, 0.6) is 5.75 Å². The molecule has 0 spiro atoms. The molecule has 3 rings (SSSR count). The predicted molar refractivity (Wildman–Crippen MR) is 127 cm³/mol. The van der Waals surface area contributed by atoms with Gasteiger partial charge in [-0.05, 0) is 63.2 Å². The smallest absolute Gasteiger partial charge is 0.340 e. The van der Waals surface area contributed by atoms with Gasteiger partial charge in [-0.1, -0.05) is 34.8 Å². The molecule has 0 aliphatic rings. The maximum Gasteiger partial charge on any atom is 0.340 e. The van der Waals surface area contributed by atoms with Crippen molar-refractivity contribution in [2.24, 2.45) is 0 Å². The number of anilines is 1. The molecule has 32 heavy (non-hydrogen) atoms. The van der Waals surface area contributed by atoms with Gasteiger partial charge in [0.05, 0.1) is 18.4 Å². The van der Waals surface area contributed by atoms with Crippen LogP contribution in [0.3, 0.4) is 0 Å². The van der Waals surface area contributed by atoms with E-state index in [0.29, 0.717) is 43.4 Å². The van der Waals surface area contributed by atoms with E-state index in [4.69, 9.17) is 44.3 Å². The summed E-state index contributed by atoms with van der Waals surface area (Å²) in [6.45, 7) is 5.12. The second-order valence-corrected chi connectivity index (χ2v) is 8.44. The van der Waals surface area contributed by atoms with Gasteiger partial charge < -0.3 is 19.4 Å². The Kier molecular flexibility index (Phi) is 7.39. The molecule has 0 aliphatic heterocycles. The van der Waals surface area contributed by atoms with Gasteiger partial charge in [0.2, 0.25) is 0 Å². The maximum atomic E-state index is 12.8. The summed E-state index contributed by atoms with van der Waals surface area (Å²) in [5, 5.41) is 3.92. The minimum atomic E-state index is -1.05. The molecule has 1 N–H and O–H groups in total. The summed E-state index contributed by atoms with van der Waals surface area (Å²) in [5.74, 6) is -0.539. The van der Waals surface area contributed by atoms with Gasteiger partial charge in [-0.2, -0.15) is 0 Å². The number of esters is 1. The molecule has 0 aliphatic carbocycles. The van der Waals surface area contributed by atoms with Crippen molar-refractivity contribution in [3.63, 3.8) is 0 Å². The zero-order valence-electron chi connectivity index (χ0n) is 17.8. The third kappa shape index (κ3) is 5.21. The minimum absolute atomic E-state index is 0.329. The number of rotatable bonds is 6. The fourth-order valence-electron chi connectivity index (χ4n) is 3.33. The predicted octanol–water partition coefficient (Wildman–Crippen LogP) is 6.25. The highest BCUT2D eigenvalue weighted by Crippen LogP contribution is 2.31. The number of aryl methyl sites for hydroxylation is 1. The van der Waals surface area contributed by atoms with Crippen LogP contribution in [0, 0.1) is 13.8 Å². The Morgan fingerprint density at radius 3 is 2.25 bits per heavy atom. The second-order valence-electron chi connectivity index (χ2n) is 7.13. The van der Waals surface area contributed by atoms with Crippen LogP contribution in [0.15, 0.2) is 42.5 Å². The van der Waals surface area contributed by atoms with E-state index in [1.807, 2.05) is 11.5 Å². The fraction of sp³-hybridized carbons (Fsp3) is 0.217. The molecule has 1 unspecified atom stereocenters. The molecule has 1 atom stereocenters. The maximum absolute atomic E-state index is 12.8. The highest BCUT2D eigenvalue weighted by molar-refractivity contribution is 6.35. The quantitative estimate of drug-likeness (QED) is 0.411. The molecule has 0 bridgehead atoms. The first kappa shape index (κ1) is 24.0. The van der Waals surface area contributed by atoms with Crippen LogP contribution in [-0.4, -0.2) is 29.7 Å². The van der Waals surface area contributed by atoms with Crippen molar-refractivity contribution in [3.8, 4) is 11.4 Å². The standard InChI is InChI=1S/C23H21Cl3N2O4/c1-12-7-19(13(2)28(12)20-11-15(24)5-6-21(20)31-4)23(30)32-14(3)22(29)27-18-9-16(25)8-17(26)10-18/h5-11,14H,1-4H3,(H,27,29). The zero-order chi connectivity index (χ0) is 23.6. The molecule has 0 radical (unpaired) electrons. The monoisotopic (exact) mass is 494 g/mol. The first-order chi connectivity index (χ1) is 15.1. The molecule has 6 nitrogen and oxygen atoms in total. The molecule has 2 aromatic carbocycles. The van der Waals surface area contributed by atoms with E-state index in [-0.39, 0.29) is 0 Å². The Balaban J connectivity index is 1.81. The van der Waals surface area contributed by atoms with E-state index >= 15 is 0 Å². The topological polar surface area (TPSA) is 69.6 Å². The summed E-state index contributed by atoms with van der Waals surface area (Å²) in [7, 11) is 1.56. The molecule has 1 amide bonds. The number of hydrogen-bond acceptors (Lipinski definition) is 4. The van der Waals surface area contributed by atoms with Crippen molar-refractivity contribution < 1.29 is 19.1 Å². The van der Waals surface area contributed by atoms with Crippen LogP contribution >= 0.6 is 34.8 Å². The lowest BCUT2D eigenvalue weighted by molar-refractivity contribution is -0.123. The third-order valence-corrected chi connectivity index (χ3v) is 5.49. The van der Waals surface area contributed by atoms with E-state index in [0.717, 1.165) is 5.69 Å². The SMILES string of the molecule is COc1ccc(Cl)cc1-n1c(C)cc(C(=O)OC(C)C(=O)Nc2cc(Cl)cc(Cl)c2)c1C. The molecule has 1 heterocycles. The number of benzene rings is 2. The Bertz CT molecular complexity index is 1170. The number of carbonyl (C=O) groups excluding carboxylic acids is 2. The molecular formula is C23H21Cl3N2O4. The van der Waals surface area contributed by atoms with E-state index < -0.39 is 18.0 Å². The number of nitrogens with one attached hydrogen (secondary N) is 1. The summed E-state index contributed by atoms with van der Waals surface area (Å²) >= 11 is 18.1. The Morgan fingerprint density at radius 1 is 0.969 bits per heavy atom. The van der Waals surface area contributed by atoms with Crippen molar-refractivity contribution in [1.29, 1.82) is 0 Å². The molecule has 168 valence electrons. The Hall–Kier alpha value is -2.67. The van der Waals surface area contributed by atoms with Crippen molar-refractivity contribution in [1.82, 2.24) is 4.57 Å². The first-order valence-electron chi connectivity index (χ1n) is 9.61. The molecule has 0 saturated carbocycles. The third-order valence-electron chi connectivity index (χ3n) is 4.82. The lowest BCUT2D eigenvalue weighted by Gasteiger charge is -2.15. The number of halogens is 3. The zero-order valence-corrected chi connectivity index (χ0v) is 20.1. The number of aromatic nitrogens is 1. The van der Waals surface area contributed by atoms with E-state index in [1.54, 1.807) is 56.5 Å². The summed E-state index contributed by atoms with van der Waals surface area (Å²) in [6.07, 6.45) is -1.05. The van der Waals surface area contributed by atoms with Gasteiger partial charge >= 0.3 is 5.97 Å². The molecule has 0 saturated heterocycles. The largest absolute Gasteiger partial charge is 0.495 e. The normalized spacial score (nSPS) is 11.7. The summed E-state index contributed by atoms with van der Waals surface area (Å²) < 4.78 is 12.7. The van der Waals surface area contributed by atoms with Crippen molar-refractivity contribution in [3.05, 3.63) is 74.5 Å². The van der Waals surface area contributed by atoms with Crippen LogP contribution < -0.4 is 10.1 Å². The summed E-state index contributed by atoms with van der Waals surface area (Å²) in [4.78, 5) is 25.3. The van der Waals surface area contributed by atoms with Crippen molar-refractivity contribution in [2.45, 2.75) is 26.9 Å². The Labute approximate surface area is 201 Å². The van der Waals surface area contributed by atoms with Gasteiger partial charge in [0.25, 0.3) is 5.91 Å². The fourth-order valence-corrected chi connectivity index (χ4v) is 4.02. The van der Waals surface area contributed by atoms with Gasteiger partial charge in [-0.15, -0.1) is 0 Å². The summed E-state index contributed by atoms with van der Waals surface area (Å²) in [6, 6.07) is 11.6. The van der Waals surface area contributed by atoms with Crippen LogP contribution in [0.4, 0.5) is 5.69 Å². The Morgan fingerprint density at radius 2 is 1.62 bits per heavy atom. The second kappa shape index (κ2) is 9.86. The highest BCUT2D eigenvalue weighted by atomic mass is 35.5. The number of hydrogen-bond donors (Lipinski definition) is 1. The molecule has 1 aromatic heterocycles. The van der Waals surface area contributed by atoms with Crippen LogP contribution in [-0.2, 0) is 9.53 Å². The highest BCUT2D eigenvalue weighted by Gasteiger charge is 2.24. The number of methoxy groups -OCH3 is 1. The van der Waals surface area contributed by atoms with Gasteiger partial charge in [0.15, 0.2) is 6.10 Å². The average molecular weight is 496 g/mol. The van der Waals surface area contributed by atoms with Crippen LogP contribution in [0.1, 0.15) is 28.7 Å². The lowest BCUT2D eigenvalue weighted by atomic mass is 10.2. The summed E-state index contributed by atoms with van der Waals surface area (Å²) in [5.41, 5.74) is 2.83. The van der Waals surface area contributed by atoms with Crippen molar-refractivity contribution in [2.75, 3.05) is 12.4 Å². The average Bonchev–Trinajstić information content (AvgIpc) is 3.01. The van der Waals surface area contributed by atoms with Crippen LogP contribution in [0.2, 0.25) is 15.1 Å². The first-order valence-corrected chi connectivity index (χ1v) is 10.7. The van der Waals surface area contributed by atoms with Gasteiger partial charge in [0, 0.05) is 32.1 Å². The minimum Gasteiger partial charge on any atom is -0.495 e. The van der Waals surface area contributed by atoms with E-state index in [9.17, 15) is 9.59 Å².